The molecular formula is C11H10O. The van der Waals surface area contributed by atoms with Crippen molar-refractivity contribution in [2.24, 2.45) is 11.8 Å². The molecule has 2 aliphatic carbocycles. The van der Waals surface area contributed by atoms with Crippen molar-refractivity contribution < 1.29 is 4.79 Å². The first-order chi connectivity index (χ1) is 5.86. The second-order valence-corrected chi connectivity index (χ2v) is 3.83. The van der Waals surface area contributed by atoms with Gasteiger partial charge in [0.25, 0.3) is 0 Å². The summed E-state index contributed by atoms with van der Waals surface area (Å²) in [4.78, 5) is 11.7. The smallest absolute Gasteiger partial charge is 0.166 e. The van der Waals surface area contributed by atoms with E-state index in [9.17, 15) is 4.79 Å². The predicted octanol–water partition coefficient (Wildman–Crippen LogP) is 2.06. The number of ketones is 1. The summed E-state index contributed by atoms with van der Waals surface area (Å²) >= 11 is 0. The Labute approximate surface area is 71.4 Å². The standard InChI is InChI=1S/C11H10O/c12-11-9-4-2-1-3-7(9)5-8-6-10(8)11/h1-4,8,10H,5-6H2. The molecule has 2 unspecified atom stereocenters. The highest BCUT2D eigenvalue weighted by molar-refractivity contribution is 6.02. The fourth-order valence-corrected chi connectivity index (χ4v) is 2.22. The molecule has 0 radical (unpaired) electrons. The highest BCUT2D eigenvalue weighted by Crippen LogP contribution is 2.47. The van der Waals surface area contributed by atoms with Gasteiger partial charge >= 0.3 is 0 Å². The van der Waals surface area contributed by atoms with Gasteiger partial charge in [0.2, 0.25) is 0 Å². The van der Waals surface area contributed by atoms with E-state index in [1.165, 1.54) is 5.56 Å². The van der Waals surface area contributed by atoms with Crippen LogP contribution in [0.2, 0.25) is 0 Å². The largest absolute Gasteiger partial charge is 0.294 e. The highest BCUT2D eigenvalue weighted by Gasteiger charge is 2.46. The molecule has 2 aliphatic rings. The van der Waals surface area contributed by atoms with Crippen LogP contribution in [0.15, 0.2) is 24.3 Å². The van der Waals surface area contributed by atoms with Crippen LogP contribution in [-0.4, -0.2) is 5.78 Å². The maximum Gasteiger partial charge on any atom is 0.166 e. The molecule has 3 rings (SSSR count). The number of carbonyl (C=O) groups excluding carboxylic acids is 1. The lowest BCUT2D eigenvalue weighted by Gasteiger charge is -2.12. The SMILES string of the molecule is O=C1c2ccccc2CC2CC12. The minimum absolute atomic E-state index is 0.389. The van der Waals surface area contributed by atoms with Crippen molar-refractivity contribution in [1.29, 1.82) is 0 Å². The van der Waals surface area contributed by atoms with Gasteiger partial charge in [-0.25, -0.2) is 0 Å². The lowest BCUT2D eigenvalue weighted by atomic mass is 9.91. The van der Waals surface area contributed by atoms with Crippen molar-refractivity contribution >= 4 is 5.78 Å². The molecule has 0 saturated heterocycles. The second-order valence-electron chi connectivity index (χ2n) is 3.83. The number of fused-ring (bicyclic) bond motifs is 2. The van der Waals surface area contributed by atoms with Crippen LogP contribution in [0.25, 0.3) is 0 Å². The Morgan fingerprint density at radius 1 is 1.25 bits per heavy atom. The van der Waals surface area contributed by atoms with Gasteiger partial charge in [0, 0.05) is 11.5 Å². The van der Waals surface area contributed by atoms with Gasteiger partial charge in [0.1, 0.15) is 0 Å². The summed E-state index contributed by atoms with van der Waals surface area (Å²) in [5, 5.41) is 0. The number of benzene rings is 1. The van der Waals surface area contributed by atoms with Crippen molar-refractivity contribution in [3.8, 4) is 0 Å². The first-order valence-corrected chi connectivity index (χ1v) is 4.48. The van der Waals surface area contributed by atoms with E-state index >= 15 is 0 Å². The maximum atomic E-state index is 11.7. The Balaban J connectivity index is 2.17. The molecule has 1 saturated carbocycles. The normalized spacial score (nSPS) is 30.8. The van der Waals surface area contributed by atoms with E-state index in [-0.39, 0.29) is 0 Å². The molecule has 1 fully saturated rings. The van der Waals surface area contributed by atoms with Gasteiger partial charge in [-0.15, -0.1) is 0 Å². The van der Waals surface area contributed by atoms with Crippen molar-refractivity contribution in [1.82, 2.24) is 0 Å². The van der Waals surface area contributed by atoms with Crippen LogP contribution in [-0.2, 0) is 6.42 Å². The van der Waals surface area contributed by atoms with E-state index in [0.29, 0.717) is 17.6 Å². The Morgan fingerprint density at radius 2 is 2.08 bits per heavy atom. The zero-order chi connectivity index (χ0) is 8.13. The van der Waals surface area contributed by atoms with Crippen LogP contribution in [0.5, 0.6) is 0 Å². The average Bonchev–Trinajstić information content (AvgIpc) is 2.84. The Morgan fingerprint density at radius 3 is 3.00 bits per heavy atom. The van der Waals surface area contributed by atoms with Crippen LogP contribution < -0.4 is 0 Å². The van der Waals surface area contributed by atoms with Gasteiger partial charge in [-0.2, -0.15) is 0 Å². The summed E-state index contributed by atoms with van der Waals surface area (Å²) in [7, 11) is 0. The fraction of sp³-hybridized carbons (Fsp3) is 0.364. The Hall–Kier alpha value is -1.11. The Bertz CT molecular complexity index is 354. The third-order valence-corrected chi connectivity index (χ3v) is 3.02. The molecule has 0 spiro atoms. The van der Waals surface area contributed by atoms with Crippen LogP contribution in [0.4, 0.5) is 0 Å². The summed E-state index contributed by atoms with van der Waals surface area (Å²) in [6.45, 7) is 0. The van der Waals surface area contributed by atoms with Crippen molar-refractivity contribution in [2.45, 2.75) is 12.8 Å². The van der Waals surface area contributed by atoms with Gasteiger partial charge in [-0.05, 0) is 24.3 Å². The summed E-state index contributed by atoms with van der Waals surface area (Å²) in [5.74, 6) is 1.47. The fourth-order valence-electron chi connectivity index (χ4n) is 2.22. The summed E-state index contributed by atoms with van der Waals surface area (Å²) in [6.07, 6.45) is 2.26. The zero-order valence-electron chi connectivity index (χ0n) is 6.79. The number of rotatable bonds is 0. The van der Waals surface area contributed by atoms with E-state index in [2.05, 4.69) is 6.07 Å². The molecule has 0 aliphatic heterocycles. The number of hydrogen-bond acceptors (Lipinski definition) is 1. The molecule has 1 heteroatoms. The lowest BCUT2D eigenvalue weighted by Crippen LogP contribution is -2.13. The van der Waals surface area contributed by atoms with E-state index in [1.807, 2.05) is 18.2 Å². The van der Waals surface area contributed by atoms with Crippen LogP contribution >= 0.6 is 0 Å². The molecule has 60 valence electrons. The molecule has 0 heterocycles. The van der Waals surface area contributed by atoms with E-state index < -0.39 is 0 Å². The molecular weight excluding hydrogens is 148 g/mol. The topological polar surface area (TPSA) is 17.1 Å². The Kier molecular flexibility index (Phi) is 1.06. The van der Waals surface area contributed by atoms with Gasteiger partial charge in [-0.1, -0.05) is 24.3 Å². The minimum atomic E-state index is 0.389. The molecule has 12 heavy (non-hydrogen) atoms. The van der Waals surface area contributed by atoms with Gasteiger partial charge in [0.15, 0.2) is 5.78 Å². The molecule has 0 N–H and O–H groups in total. The van der Waals surface area contributed by atoms with E-state index in [4.69, 9.17) is 0 Å². The molecule has 0 bridgehead atoms. The summed E-state index contributed by atoms with van der Waals surface area (Å²) in [6, 6.07) is 8.03. The maximum absolute atomic E-state index is 11.7. The zero-order valence-corrected chi connectivity index (χ0v) is 6.79. The van der Waals surface area contributed by atoms with Crippen molar-refractivity contribution in [3.05, 3.63) is 35.4 Å². The van der Waals surface area contributed by atoms with E-state index in [0.717, 1.165) is 18.4 Å². The quantitative estimate of drug-likeness (QED) is 0.564. The van der Waals surface area contributed by atoms with Gasteiger partial charge in [0.05, 0.1) is 0 Å². The number of Topliss-reactive ketones (excluding diaryl/α,β-unsaturated/α-hetero) is 1. The van der Waals surface area contributed by atoms with Crippen molar-refractivity contribution in [3.63, 3.8) is 0 Å². The molecule has 1 aromatic carbocycles. The summed E-state index contributed by atoms with van der Waals surface area (Å²) in [5.41, 5.74) is 2.25. The molecule has 1 aromatic rings. The third kappa shape index (κ3) is 0.711. The molecule has 0 amide bonds. The monoisotopic (exact) mass is 158 g/mol. The second kappa shape index (κ2) is 1.98. The highest BCUT2D eigenvalue weighted by atomic mass is 16.1. The van der Waals surface area contributed by atoms with Crippen LogP contribution in [0, 0.1) is 11.8 Å². The van der Waals surface area contributed by atoms with Gasteiger partial charge < -0.3 is 0 Å². The van der Waals surface area contributed by atoms with Gasteiger partial charge in [-0.3, -0.25) is 4.79 Å². The average molecular weight is 158 g/mol. The first-order valence-electron chi connectivity index (χ1n) is 4.48. The predicted molar refractivity (Wildman–Crippen MR) is 46.1 cm³/mol. The minimum Gasteiger partial charge on any atom is -0.294 e. The van der Waals surface area contributed by atoms with Crippen molar-refractivity contribution in [2.75, 3.05) is 0 Å². The van der Waals surface area contributed by atoms with E-state index in [1.54, 1.807) is 0 Å². The first kappa shape index (κ1) is 6.41. The summed E-state index contributed by atoms with van der Waals surface area (Å²) < 4.78 is 0. The lowest BCUT2D eigenvalue weighted by molar-refractivity contribution is 0.0954. The molecule has 2 atom stereocenters. The van der Waals surface area contributed by atoms with Crippen LogP contribution in [0.3, 0.4) is 0 Å². The number of carbonyl (C=O) groups is 1. The molecule has 0 aromatic heterocycles. The molecule has 1 nitrogen and oxygen atoms in total. The third-order valence-electron chi connectivity index (χ3n) is 3.02. The number of hydrogen-bond donors (Lipinski definition) is 0. The van der Waals surface area contributed by atoms with Crippen LogP contribution in [0.1, 0.15) is 22.3 Å².